The average molecular weight is 330 g/mol. The van der Waals surface area contributed by atoms with Gasteiger partial charge in [-0.2, -0.15) is 0 Å². The Hall–Kier alpha value is -2.34. The van der Waals surface area contributed by atoms with Crippen molar-refractivity contribution in [1.29, 1.82) is 0 Å². The van der Waals surface area contributed by atoms with Gasteiger partial charge in [0.15, 0.2) is 0 Å². The monoisotopic (exact) mass is 330 g/mol. The number of thioether (sulfide) groups is 1. The molecule has 23 heavy (non-hydrogen) atoms. The van der Waals surface area contributed by atoms with Gasteiger partial charge in [-0.25, -0.2) is 4.39 Å². The van der Waals surface area contributed by atoms with Gasteiger partial charge in [-0.1, -0.05) is 24.3 Å². The minimum Gasteiger partial charge on any atom is -0.366 e. The largest absolute Gasteiger partial charge is 0.366 e. The number of rotatable bonds is 4. The summed E-state index contributed by atoms with van der Waals surface area (Å²) in [5, 5.41) is -0.352. The fourth-order valence-electron chi connectivity index (χ4n) is 2.60. The third-order valence-electron chi connectivity index (χ3n) is 3.72. The zero-order chi connectivity index (χ0) is 16.4. The first-order valence-electron chi connectivity index (χ1n) is 7.19. The number of carbonyl (C=O) groups is 2. The molecule has 0 aromatic heterocycles. The second-order valence-corrected chi connectivity index (χ2v) is 6.44. The number of hydrogen-bond donors (Lipinski definition) is 1. The Kier molecular flexibility index (Phi) is 4.34. The van der Waals surface area contributed by atoms with E-state index >= 15 is 0 Å². The van der Waals surface area contributed by atoms with Crippen molar-refractivity contribution >= 4 is 29.3 Å². The smallest absolute Gasteiger partial charge is 0.249 e. The Labute approximate surface area is 137 Å². The summed E-state index contributed by atoms with van der Waals surface area (Å²) in [4.78, 5) is 26.2. The summed E-state index contributed by atoms with van der Waals surface area (Å²) in [6.45, 7) is 0.455. The average Bonchev–Trinajstić information content (AvgIpc) is 2.89. The molecular weight excluding hydrogens is 315 g/mol. The molecule has 1 heterocycles. The van der Waals surface area contributed by atoms with Gasteiger partial charge in [-0.15, -0.1) is 11.8 Å². The summed E-state index contributed by atoms with van der Waals surface area (Å²) in [5.74, 6) is -1.09. The summed E-state index contributed by atoms with van der Waals surface area (Å²) >= 11 is 1.30. The number of primary amides is 1. The van der Waals surface area contributed by atoms with E-state index in [1.54, 1.807) is 42.5 Å². The summed E-state index contributed by atoms with van der Waals surface area (Å²) in [7, 11) is 0. The topological polar surface area (TPSA) is 63.4 Å². The minimum absolute atomic E-state index is 0.153. The lowest BCUT2D eigenvalue weighted by molar-refractivity contribution is -0.116. The predicted molar refractivity (Wildman–Crippen MR) is 88.0 cm³/mol. The maximum Gasteiger partial charge on any atom is 0.249 e. The molecule has 1 aliphatic heterocycles. The van der Waals surface area contributed by atoms with Gasteiger partial charge in [-0.05, 0) is 30.7 Å². The SMILES string of the molecule is NC(=O)c1ccccc1S[C@@H]1CCN(c2ccccc2F)C1=O. The standard InChI is InChI=1S/C17H15FN2O2S/c18-12-6-2-3-7-13(12)20-10-9-15(17(20)22)23-14-8-4-1-5-11(14)16(19)21/h1-8,15H,9-10H2,(H2,19,21)/t15-/m1/s1. The molecule has 2 aromatic rings. The number of halogens is 1. The second-order valence-electron chi connectivity index (χ2n) is 5.20. The molecule has 0 spiro atoms. The molecule has 4 nitrogen and oxygen atoms in total. The Morgan fingerprint density at radius 1 is 1.17 bits per heavy atom. The molecule has 0 saturated carbocycles. The van der Waals surface area contributed by atoms with Gasteiger partial charge in [-0.3, -0.25) is 9.59 Å². The van der Waals surface area contributed by atoms with E-state index in [1.807, 2.05) is 0 Å². The Morgan fingerprint density at radius 2 is 1.87 bits per heavy atom. The van der Waals surface area contributed by atoms with Gasteiger partial charge in [0.05, 0.1) is 16.5 Å². The highest BCUT2D eigenvalue weighted by atomic mass is 32.2. The lowest BCUT2D eigenvalue weighted by atomic mass is 10.2. The van der Waals surface area contributed by atoms with Gasteiger partial charge in [0.25, 0.3) is 0 Å². The van der Waals surface area contributed by atoms with Gasteiger partial charge >= 0.3 is 0 Å². The van der Waals surface area contributed by atoms with E-state index in [0.717, 1.165) is 0 Å². The van der Waals surface area contributed by atoms with Crippen LogP contribution in [-0.2, 0) is 4.79 Å². The first-order valence-corrected chi connectivity index (χ1v) is 8.07. The van der Waals surface area contributed by atoms with Gasteiger partial charge in [0.2, 0.25) is 11.8 Å². The summed E-state index contributed by atoms with van der Waals surface area (Å²) in [5.41, 5.74) is 6.06. The Balaban J connectivity index is 1.81. The first kappa shape index (κ1) is 15.6. The molecule has 1 atom stereocenters. The molecule has 6 heteroatoms. The van der Waals surface area contributed by atoms with Crippen LogP contribution in [0.1, 0.15) is 16.8 Å². The highest BCUT2D eigenvalue weighted by molar-refractivity contribution is 8.00. The first-order chi connectivity index (χ1) is 11.1. The molecule has 1 aliphatic rings. The number of carbonyl (C=O) groups excluding carboxylic acids is 2. The van der Waals surface area contributed by atoms with Crippen LogP contribution in [0.4, 0.5) is 10.1 Å². The normalized spacial score (nSPS) is 17.5. The van der Waals surface area contributed by atoms with Crippen LogP contribution < -0.4 is 10.6 Å². The molecule has 118 valence electrons. The number of nitrogens with zero attached hydrogens (tertiary/aromatic N) is 1. The van der Waals surface area contributed by atoms with Crippen LogP contribution in [0.3, 0.4) is 0 Å². The van der Waals surface area contributed by atoms with E-state index in [4.69, 9.17) is 5.73 Å². The fourth-order valence-corrected chi connectivity index (χ4v) is 3.81. The number of benzene rings is 2. The van der Waals surface area contributed by atoms with Crippen molar-refractivity contribution in [2.75, 3.05) is 11.4 Å². The van der Waals surface area contributed by atoms with Gasteiger partial charge in [0, 0.05) is 11.4 Å². The number of nitrogens with two attached hydrogens (primary N) is 1. The third kappa shape index (κ3) is 3.07. The number of hydrogen-bond acceptors (Lipinski definition) is 3. The lowest BCUT2D eigenvalue weighted by Crippen LogP contribution is -2.28. The lowest BCUT2D eigenvalue weighted by Gasteiger charge is -2.17. The van der Waals surface area contributed by atoms with E-state index in [0.29, 0.717) is 29.1 Å². The van der Waals surface area contributed by atoms with Crippen LogP contribution in [-0.4, -0.2) is 23.6 Å². The summed E-state index contributed by atoms with van der Waals surface area (Å²) < 4.78 is 13.9. The van der Waals surface area contributed by atoms with Crippen molar-refractivity contribution in [2.24, 2.45) is 5.73 Å². The second kappa shape index (κ2) is 6.42. The molecule has 1 fully saturated rings. The van der Waals surface area contributed by atoms with Crippen LogP contribution in [0.15, 0.2) is 53.4 Å². The van der Waals surface area contributed by atoms with Gasteiger partial charge in [0.1, 0.15) is 5.82 Å². The maximum absolute atomic E-state index is 13.9. The van der Waals surface area contributed by atoms with Crippen LogP contribution in [0.25, 0.3) is 0 Å². The molecule has 1 saturated heterocycles. The number of amides is 2. The Morgan fingerprint density at radius 3 is 2.61 bits per heavy atom. The van der Waals surface area contributed by atoms with Gasteiger partial charge < -0.3 is 10.6 Å². The molecule has 0 aliphatic carbocycles. The van der Waals surface area contributed by atoms with E-state index in [9.17, 15) is 14.0 Å². The molecule has 0 unspecified atom stereocenters. The summed E-state index contributed by atoms with van der Waals surface area (Å²) in [6.07, 6.45) is 0.588. The molecular formula is C17H15FN2O2S. The van der Waals surface area contributed by atoms with Crippen LogP contribution in [0.2, 0.25) is 0 Å². The van der Waals surface area contributed by atoms with Crippen molar-refractivity contribution in [2.45, 2.75) is 16.6 Å². The molecule has 3 rings (SSSR count). The van der Waals surface area contributed by atoms with Crippen LogP contribution in [0.5, 0.6) is 0 Å². The van der Waals surface area contributed by atoms with Crippen molar-refractivity contribution < 1.29 is 14.0 Å². The molecule has 0 radical (unpaired) electrons. The van der Waals surface area contributed by atoms with Crippen molar-refractivity contribution in [3.63, 3.8) is 0 Å². The molecule has 2 aromatic carbocycles. The highest BCUT2D eigenvalue weighted by Crippen LogP contribution is 2.35. The molecule has 2 amide bonds. The number of para-hydroxylation sites is 1. The molecule has 2 N–H and O–H groups in total. The van der Waals surface area contributed by atoms with Crippen molar-refractivity contribution in [3.8, 4) is 0 Å². The van der Waals surface area contributed by atoms with Crippen LogP contribution in [0, 0.1) is 5.82 Å². The fraction of sp³-hybridized carbons (Fsp3) is 0.176. The number of anilines is 1. The zero-order valence-corrected chi connectivity index (χ0v) is 13.1. The van der Waals surface area contributed by atoms with E-state index in [1.165, 1.54) is 22.7 Å². The minimum atomic E-state index is -0.524. The van der Waals surface area contributed by atoms with Crippen molar-refractivity contribution in [1.82, 2.24) is 0 Å². The van der Waals surface area contributed by atoms with E-state index < -0.39 is 11.7 Å². The van der Waals surface area contributed by atoms with E-state index in [-0.39, 0.29) is 11.2 Å². The highest BCUT2D eigenvalue weighted by Gasteiger charge is 2.34. The van der Waals surface area contributed by atoms with Crippen molar-refractivity contribution in [3.05, 3.63) is 59.9 Å². The maximum atomic E-state index is 13.9. The quantitative estimate of drug-likeness (QED) is 0.937. The molecule has 0 bridgehead atoms. The summed E-state index contributed by atoms with van der Waals surface area (Å²) in [6, 6.07) is 13.2. The Bertz CT molecular complexity index is 766. The third-order valence-corrected chi connectivity index (χ3v) is 5.05. The zero-order valence-electron chi connectivity index (χ0n) is 12.2. The predicted octanol–water partition coefficient (Wildman–Crippen LogP) is 2.82. The van der Waals surface area contributed by atoms with E-state index in [2.05, 4.69) is 0 Å². The van der Waals surface area contributed by atoms with Crippen LogP contribution >= 0.6 is 11.8 Å².